The van der Waals surface area contributed by atoms with E-state index in [2.05, 4.69) is 9.97 Å². The third-order valence-electron chi connectivity index (χ3n) is 4.69. The summed E-state index contributed by atoms with van der Waals surface area (Å²) in [6, 6.07) is 4.26. The lowest BCUT2D eigenvalue weighted by molar-refractivity contribution is 0.0868. The Balaban J connectivity index is 1.61. The Hall–Kier alpha value is -2.13. The molecule has 0 radical (unpaired) electrons. The van der Waals surface area contributed by atoms with Crippen LogP contribution in [0.2, 0.25) is 0 Å². The Morgan fingerprint density at radius 1 is 1.12 bits per heavy atom. The number of sulfonamides is 1. The van der Waals surface area contributed by atoms with Gasteiger partial charge in [-0.2, -0.15) is 4.31 Å². The minimum absolute atomic E-state index is 0.321. The van der Waals surface area contributed by atoms with Crippen molar-refractivity contribution in [2.45, 2.75) is 30.3 Å². The molecule has 0 saturated carbocycles. The van der Waals surface area contributed by atoms with Gasteiger partial charge in [0.15, 0.2) is 4.90 Å². The first-order valence-electron chi connectivity index (χ1n) is 7.89. The quantitative estimate of drug-likeness (QED) is 0.828. The van der Waals surface area contributed by atoms with Gasteiger partial charge in [0, 0.05) is 36.9 Å². The number of nitrogens with zero attached hydrogens (tertiary/aromatic N) is 4. The molecule has 3 aliphatic heterocycles. The van der Waals surface area contributed by atoms with Crippen molar-refractivity contribution < 1.29 is 17.2 Å². The number of piperidine rings is 1. The van der Waals surface area contributed by atoms with Gasteiger partial charge in [-0.1, -0.05) is 6.07 Å². The van der Waals surface area contributed by atoms with Crippen LogP contribution in [0.25, 0.3) is 0 Å². The average Bonchev–Trinajstić information content (AvgIpc) is 2.54. The van der Waals surface area contributed by atoms with E-state index in [0.29, 0.717) is 19.5 Å². The minimum atomic E-state index is -4.21. The standard InChI is InChI=1S/C16H16F2N4O2S/c1-10-5-15(20-9-19-10)21-7-11-6-12(8-21)22(11)25(23,24)16-13(17)3-2-4-14(16)18/h2-5,9,11-12H,6-8H2,1H3. The Kier molecular flexibility index (Phi) is 3.73. The fraction of sp³-hybridized carbons (Fsp3) is 0.375. The molecule has 3 fully saturated rings. The van der Waals surface area contributed by atoms with Gasteiger partial charge in [0.05, 0.1) is 0 Å². The molecule has 3 saturated heterocycles. The zero-order valence-corrected chi connectivity index (χ0v) is 14.2. The molecule has 2 bridgehead atoms. The number of halogens is 2. The predicted octanol–water partition coefficient (Wildman–Crippen LogP) is 1.72. The summed E-state index contributed by atoms with van der Waals surface area (Å²) in [6.07, 6.45) is 2.14. The van der Waals surface area contributed by atoms with Crippen LogP contribution in [0.15, 0.2) is 35.5 Å². The first-order valence-corrected chi connectivity index (χ1v) is 9.33. The number of rotatable bonds is 3. The van der Waals surface area contributed by atoms with Crippen LogP contribution < -0.4 is 4.90 Å². The molecule has 1 aromatic heterocycles. The van der Waals surface area contributed by atoms with Gasteiger partial charge in [-0.25, -0.2) is 27.2 Å². The van der Waals surface area contributed by atoms with Gasteiger partial charge in [0.1, 0.15) is 23.8 Å². The fourth-order valence-electron chi connectivity index (χ4n) is 3.60. The number of anilines is 1. The highest BCUT2D eigenvalue weighted by Crippen LogP contribution is 2.39. The first-order chi connectivity index (χ1) is 11.9. The average molecular weight is 366 g/mol. The number of benzene rings is 1. The van der Waals surface area contributed by atoms with E-state index >= 15 is 0 Å². The third-order valence-corrected chi connectivity index (χ3v) is 6.75. The van der Waals surface area contributed by atoms with Crippen molar-refractivity contribution in [1.29, 1.82) is 0 Å². The normalized spacial score (nSPS) is 23.4. The lowest BCUT2D eigenvalue weighted by Crippen LogP contribution is -2.70. The van der Waals surface area contributed by atoms with Gasteiger partial charge in [-0.3, -0.25) is 0 Å². The van der Waals surface area contributed by atoms with Gasteiger partial charge in [0.25, 0.3) is 0 Å². The molecule has 5 rings (SSSR count). The molecule has 0 aliphatic carbocycles. The predicted molar refractivity (Wildman–Crippen MR) is 86.6 cm³/mol. The molecule has 1 aromatic carbocycles. The zero-order valence-electron chi connectivity index (χ0n) is 13.4. The molecular weight excluding hydrogens is 350 g/mol. The van der Waals surface area contributed by atoms with E-state index in [9.17, 15) is 17.2 Å². The molecule has 2 aromatic rings. The molecule has 6 nitrogen and oxygen atoms in total. The molecular formula is C16H16F2N4O2S. The van der Waals surface area contributed by atoms with E-state index in [1.54, 1.807) is 0 Å². The van der Waals surface area contributed by atoms with Crippen molar-refractivity contribution in [2.24, 2.45) is 0 Å². The molecule has 4 heterocycles. The Labute approximate surface area is 144 Å². The second-order valence-corrected chi connectivity index (χ2v) is 8.13. The lowest BCUT2D eigenvalue weighted by Gasteiger charge is -2.55. The maximum atomic E-state index is 14.0. The van der Waals surface area contributed by atoms with Crippen LogP contribution in [-0.2, 0) is 10.0 Å². The van der Waals surface area contributed by atoms with Crippen LogP contribution in [0, 0.1) is 18.6 Å². The number of hydrogen-bond acceptors (Lipinski definition) is 5. The summed E-state index contributed by atoms with van der Waals surface area (Å²) >= 11 is 0. The smallest absolute Gasteiger partial charge is 0.249 e. The fourth-order valence-corrected chi connectivity index (χ4v) is 5.53. The van der Waals surface area contributed by atoms with Gasteiger partial charge in [-0.05, 0) is 25.5 Å². The van der Waals surface area contributed by atoms with Crippen LogP contribution in [0.1, 0.15) is 12.1 Å². The summed E-state index contributed by atoms with van der Waals surface area (Å²) < 4.78 is 54.7. The van der Waals surface area contributed by atoms with Crippen LogP contribution in [0.4, 0.5) is 14.6 Å². The Bertz CT molecular complexity index is 905. The summed E-state index contributed by atoms with van der Waals surface area (Å²) in [5, 5.41) is 0. The van der Waals surface area contributed by atoms with Crippen molar-refractivity contribution in [3.8, 4) is 0 Å². The maximum Gasteiger partial charge on any atom is 0.249 e. The van der Waals surface area contributed by atoms with E-state index in [1.165, 1.54) is 10.6 Å². The monoisotopic (exact) mass is 366 g/mol. The van der Waals surface area contributed by atoms with Crippen molar-refractivity contribution in [3.05, 3.63) is 47.9 Å². The number of fused-ring (bicyclic) bond motifs is 2. The number of piperazine rings is 1. The minimum Gasteiger partial charge on any atom is -0.353 e. The molecule has 0 spiro atoms. The summed E-state index contributed by atoms with van der Waals surface area (Å²) in [5.74, 6) is -1.39. The second-order valence-electron chi connectivity index (χ2n) is 6.35. The number of aryl methyl sites for hydroxylation is 1. The summed E-state index contributed by atoms with van der Waals surface area (Å²) in [6.45, 7) is 2.72. The van der Waals surface area contributed by atoms with Crippen molar-refractivity contribution in [2.75, 3.05) is 18.0 Å². The first kappa shape index (κ1) is 16.3. The largest absolute Gasteiger partial charge is 0.353 e. The molecule has 0 amide bonds. The SMILES string of the molecule is Cc1cc(N2CC3CC(C2)N3S(=O)(=O)c2c(F)cccc2F)ncn1. The molecule has 0 N–H and O–H groups in total. The molecule has 132 valence electrons. The molecule has 2 atom stereocenters. The van der Waals surface area contributed by atoms with Gasteiger partial charge >= 0.3 is 0 Å². The van der Waals surface area contributed by atoms with Crippen LogP contribution in [-0.4, -0.2) is 47.9 Å². The number of hydrogen-bond donors (Lipinski definition) is 0. The van der Waals surface area contributed by atoms with Gasteiger partial charge in [-0.15, -0.1) is 0 Å². The molecule has 3 aliphatic rings. The molecule has 2 unspecified atom stereocenters. The van der Waals surface area contributed by atoms with Crippen LogP contribution >= 0.6 is 0 Å². The van der Waals surface area contributed by atoms with E-state index in [0.717, 1.165) is 29.7 Å². The maximum absolute atomic E-state index is 14.0. The van der Waals surface area contributed by atoms with Crippen LogP contribution in [0.5, 0.6) is 0 Å². The topological polar surface area (TPSA) is 66.4 Å². The van der Waals surface area contributed by atoms with Crippen molar-refractivity contribution in [3.63, 3.8) is 0 Å². The highest BCUT2D eigenvalue weighted by molar-refractivity contribution is 7.89. The van der Waals surface area contributed by atoms with Gasteiger partial charge < -0.3 is 4.90 Å². The summed E-state index contributed by atoms with van der Waals surface area (Å²) in [4.78, 5) is 9.39. The second kappa shape index (κ2) is 5.70. The Morgan fingerprint density at radius 3 is 2.36 bits per heavy atom. The van der Waals surface area contributed by atoms with Crippen LogP contribution in [0.3, 0.4) is 0 Å². The summed E-state index contributed by atoms with van der Waals surface area (Å²) in [7, 11) is -4.21. The van der Waals surface area contributed by atoms with E-state index in [4.69, 9.17) is 0 Å². The zero-order chi connectivity index (χ0) is 17.8. The molecule has 9 heteroatoms. The van der Waals surface area contributed by atoms with E-state index < -0.39 is 26.6 Å². The third kappa shape index (κ3) is 2.58. The van der Waals surface area contributed by atoms with Crippen molar-refractivity contribution >= 4 is 15.8 Å². The highest BCUT2D eigenvalue weighted by Gasteiger charge is 2.52. The van der Waals surface area contributed by atoms with E-state index in [1.807, 2.05) is 17.9 Å². The highest BCUT2D eigenvalue weighted by atomic mass is 32.2. The molecule has 25 heavy (non-hydrogen) atoms. The number of aromatic nitrogens is 2. The van der Waals surface area contributed by atoms with Gasteiger partial charge in [0.2, 0.25) is 10.0 Å². The lowest BCUT2D eigenvalue weighted by atomic mass is 9.91. The van der Waals surface area contributed by atoms with E-state index in [-0.39, 0.29) is 12.1 Å². The Morgan fingerprint density at radius 2 is 1.76 bits per heavy atom. The summed E-state index contributed by atoms with van der Waals surface area (Å²) in [5.41, 5.74) is 0.821. The van der Waals surface area contributed by atoms with Crippen molar-refractivity contribution in [1.82, 2.24) is 14.3 Å².